The predicted octanol–water partition coefficient (Wildman–Crippen LogP) is 6.78. The summed E-state index contributed by atoms with van der Waals surface area (Å²) in [7, 11) is 0. The highest BCUT2D eigenvalue weighted by molar-refractivity contribution is 6.00. The molecule has 0 saturated heterocycles. The second-order valence-electron chi connectivity index (χ2n) is 11.8. The molecule has 0 aliphatic heterocycles. The minimum absolute atomic E-state index is 0.239. The predicted molar refractivity (Wildman–Crippen MR) is 158 cm³/mol. The van der Waals surface area contributed by atoms with Gasteiger partial charge in [0.25, 0.3) is 5.91 Å². The number of rotatable bonds is 9. The second kappa shape index (κ2) is 13.1. The van der Waals surface area contributed by atoms with Crippen molar-refractivity contribution in [3.8, 4) is 0 Å². The fourth-order valence-electron chi connectivity index (χ4n) is 4.76. The molecule has 2 aromatic rings. The zero-order valence-corrected chi connectivity index (χ0v) is 25.6. The molecule has 39 heavy (non-hydrogen) atoms. The Bertz CT molecular complexity index is 1140. The Hall–Kier alpha value is -3.35. The van der Waals surface area contributed by atoms with Crippen LogP contribution in [0.1, 0.15) is 88.7 Å². The number of benzene rings is 2. The summed E-state index contributed by atoms with van der Waals surface area (Å²) < 4.78 is 5.47. The van der Waals surface area contributed by atoms with Crippen molar-refractivity contribution in [1.29, 1.82) is 0 Å². The highest BCUT2D eigenvalue weighted by Gasteiger charge is 2.40. The van der Waals surface area contributed by atoms with Gasteiger partial charge in [0.05, 0.1) is 0 Å². The topological polar surface area (TPSA) is 87.7 Å². The van der Waals surface area contributed by atoms with Crippen molar-refractivity contribution in [1.82, 2.24) is 10.2 Å². The van der Waals surface area contributed by atoms with E-state index in [1.165, 1.54) is 0 Å². The Labute approximate surface area is 234 Å². The lowest BCUT2D eigenvalue weighted by molar-refractivity contribution is -0.144. The van der Waals surface area contributed by atoms with Crippen LogP contribution >= 0.6 is 0 Å². The van der Waals surface area contributed by atoms with Crippen molar-refractivity contribution in [2.75, 3.05) is 5.32 Å². The van der Waals surface area contributed by atoms with Gasteiger partial charge in [-0.15, -0.1) is 0 Å². The summed E-state index contributed by atoms with van der Waals surface area (Å²) in [6.45, 7) is 20.8. The van der Waals surface area contributed by atoms with Crippen LogP contribution < -0.4 is 10.6 Å². The Morgan fingerprint density at radius 1 is 0.872 bits per heavy atom. The molecular weight excluding hydrogens is 490 g/mol. The zero-order chi connectivity index (χ0) is 29.7. The minimum Gasteiger partial charge on any atom is -0.444 e. The first-order valence-electron chi connectivity index (χ1n) is 13.8. The molecule has 2 N–H and O–H groups in total. The number of alkyl carbamates (subject to hydrolysis) is 1. The fraction of sp³-hybridized carbons (Fsp3) is 0.531. The molecule has 0 spiro atoms. The molecule has 7 nitrogen and oxygen atoms in total. The number of para-hydroxylation sites is 1. The van der Waals surface area contributed by atoms with Crippen molar-refractivity contribution in [3.63, 3.8) is 0 Å². The maximum absolute atomic E-state index is 14.4. The summed E-state index contributed by atoms with van der Waals surface area (Å²) in [5, 5.41) is 5.93. The third kappa shape index (κ3) is 8.07. The summed E-state index contributed by atoms with van der Waals surface area (Å²) in [5.41, 5.74) is 4.53. The van der Waals surface area contributed by atoms with E-state index in [9.17, 15) is 14.4 Å². The van der Waals surface area contributed by atoms with Gasteiger partial charge in [0.1, 0.15) is 17.7 Å². The number of amides is 3. The molecular formula is C32H47N3O4. The van der Waals surface area contributed by atoms with Crippen LogP contribution in [-0.4, -0.2) is 40.5 Å². The van der Waals surface area contributed by atoms with Gasteiger partial charge in [-0.2, -0.15) is 0 Å². The van der Waals surface area contributed by atoms with Crippen molar-refractivity contribution in [2.24, 2.45) is 5.92 Å². The van der Waals surface area contributed by atoms with E-state index in [-0.39, 0.29) is 23.8 Å². The standard InChI is InChI=1S/C32H47N3O4/c1-12-24(8)35(30(37)26(19(2)3)34-31(38)39-32(9,10)11)28(25-20(4)15-13-16-21(25)5)29(36)33-27-22(6)17-14-18-23(27)7/h13-19,24,26,28H,12H2,1-11H3,(H,33,36)(H,34,38). The third-order valence-electron chi connectivity index (χ3n) is 7.00. The van der Waals surface area contributed by atoms with Crippen LogP contribution in [0.2, 0.25) is 0 Å². The van der Waals surface area contributed by atoms with E-state index in [1.807, 2.05) is 91.8 Å². The largest absolute Gasteiger partial charge is 0.444 e. The van der Waals surface area contributed by atoms with E-state index in [4.69, 9.17) is 4.74 Å². The van der Waals surface area contributed by atoms with Gasteiger partial charge in [-0.25, -0.2) is 4.79 Å². The smallest absolute Gasteiger partial charge is 0.408 e. The average Bonchev–Trinajstić information content (AvgIpc) is 2.82. The van der Waals surface area contributed by atoms with E-state index in [0.717, 1.165) is 33.5 Å². The molecule has 0 aromatic heterocycles. The molecule has 3 atom stereocenters. The van der Waals surface area contributed by atoms with E-state index >= 15 is 0 Å². The van der Waals surface area contributed by atoms with Crippen LogP contribution in [0.25, 0.3) is 0 Å². The number of carbonyl (C=O) groups excluding carboxylic acids is 3. The number of carbonyl (C=O) groups is 3. The molecule has 0 radical (unpaired) electrons. The zero-order valence-electron chi connectivity index (χ0n) is 25.6. The normalized spacial score (nSPS) is 13.8. The molecule has 0 heterocycles. The number of ether oxygens (including phenoxy) is 1. The number of nitrogens with one attached hydrogen (secondary N) is 2. The molecule has 0 fully saturated rings. The van der Waals surface area contributed by atoms with Gasteiger partial charge in [-0.05, 0) is 95.5 Å². The fourth-order valence-corrected chi connectivity index (χ4v) is 4.76. The van der Waals surface area contributed by atoms with Crippen LogP contribution in [0.4, 0.5) is 10.5 Å². The van der Waals surface area contributed by atoms with Gasteiger partial charge >= 0.3 is 6.09 Å². The number of nitrogens with zero attached hydrogens (tertiary/aromatic N) is 1. The monoisotopic (exact) mass is 537 g/mol. The number of hydrogen-bond acceptors (Lipinski definition) is 4. The Kier molecular flexibility index (Phi) is 10.7. The number of anilines is 1. The first-order chi connectivity index (χ1) is 18.1. The average molecular weight is 538 g/mol. The van der Waals surface area contributed by atoms with Gasteiger partial charge in [-0.1, -0.05) is 57.2 Å². The van der Waals surface area contributed by atoms with Crippen molar-refractivity contribution in [3.05, 3.63) is 64.2 Å². The summed E-state index contributed by atoms with van der Waals surface area (Å²) in [6, 6.07) is 9.65. The highest BCUT2D eigenvalue weighted by Crippen LogP contribution is 2.33. The lowest BCUT2D eigenvalue weighted by Gasteiger charge is -2.40. The van der Waals surface area contributed by atoms with Crippen LogP contribution in [-0.2, 0) is 14.3 Å². The second-order valence-corrected chi connectivity index (χ2v) is 11.8. The van der Waals surface area contributed by atoms with Crippen molar-refractivity contribution >= 4 is 23.6 Å². The molecule has 0 aliphatic rings. The molecule has 2 aromatic carbocycles. The summed E-state index contributed by atoms with van der Waals surface area (Å²) in [5.74, 6) is -0.857. The van der Waals surface area contributed by atoms with E-state index in [1.54, 1.807) is 25.7 Å². The minimum atomic E-state index is -0.908. The lowest BCUT2D eigenvalue weighted by atomic mass is 9.91. The van der Waals surface area contributed by atoms with Crippen molar-refractivity contribution < 1.29 is 19.1 Å². The third-order valence-corrected chi connectivity index (χ3v) is 7.00. The molecule has 0 bridgehead atoms. The van der Waals surface area contributed by atoms with Gasteiger partial charge < -0.3 is 20.3 Å². The first-order valence-corrected chi connectivity index (χ1v) is 13.8. The van der Waals surface area contributed by atoms with E-state index < -0.39 is 23.8 Å². The Morgan fingerprint density at radius 3 is 1.79 bits per heavy atom. The first kappa shape index (κ1) is 31.9. The molecule has 3 amide bonds. The van der Waals surface area contributed by atoms with E-state index in [0.29, 0.717) is 6.42 Å². The SMILES string of the molecule is CCC(C)N(C(=O)C(NC(=O)OC(C)(C)C)C(C)C)C(C(=O)Nc1c(C)cccc1C)c1c(C)cccc1C. The van der Waals surface area contributed by atoms with Gasteiger partial charge in [-0.3, -0.25) is 9.59 Å². The van der Waals surface area contributed by atoms with Gasteiger partial charge in [0.15, 0.2) is 0 Å². The molecule has 3 unspecified atom stereocenters. The van der Waals surface area contributed by atoms with E-state index in [2.05, 4.69) is 10.6 Å². The lowest BCUT2D eigenvalue weighted by Crippen LogP contribution is -2.56. The van der Waals surface area contributed by atoms with Crippen LogP contribution in [0, 0.1) is 33.6 Å². The maximum Gasteiger partial charge on any atom is 0.408 e. The van der Waals surface area contributed by atoms with Crippen LogP contribution in [0.5, 0.6) is 0 Å². The maximum atomic E-state index is 14.4. The van der Waals surface area contributed by atoms with Crippen molar-refractivity contribution in [2.45, 2.75) is 106 Å². The Morgan fingerprint density at radius 2 is 1.36 bits per heavy atom. The number of aryl methyl sites for hydroxylation is 4. The summed E-state index contributed by atoms with van der Waals surface area (Å²) in [4.78, 5) is 43.1. The molecule has 214 valence electrons. The summed E-state index contributed by atoms with van der Waals surface area (Å²) >= 11 is 0. The number of hydrogen-bond donors (Lipinski definition) is 2. The van der Waals surface area contributed by atoms with Gasteiger partial charge in [0.2, 0.25) is 5.91 Å². The highest BCUT2D eigenvalue weighted by atomic mass is 16.6. The molecule has 2 rings (SSSR count). The molecule has 0 saturated carbocycles. The molecule has 7 heteroatoms. The quantitative estimate of drug-likeness (QED) is 0.369. The molecule has 0 aliphatic carbocycles. The van der Waals surface area contributed by atoms with Crippen LogP contribution in [0.15, 0.2) is 36.4 Å². The Balaban J connectivity index is 2.68. The van der Waals surface area contributed by atoms with Crippen LogP contribution in [0.3, 0.4) is 0 Å². The summed E-state index contributed by atoms with van der Waals surface area (Å²) in [6.07, 6.45) is -0.0385. The van der Waals surface area contributed by atoms with Gasteiger partial charge in [0, 0.05) is 11.7 Å².